The van der Waals surface area contributed by atoms with Gasteiger partial charge in [0.25, 0.3) is 5.91 Å². The van der Waals surface area contributed by atoms with Gasteiger partial charge in [0.05, 0.1) is 10.6 Å². The van der Waals surface area contributed by atoms with Crippen molar-refractivity contribution in [1.82, 2.24) is 10.6 Å². The van der Waals surface area contributed by atoms with E-state index in [2.05, 4.69) is 17.6 Å². The van der Waals surface area contributed by atoms with E-state index >= 15 is 0 Å². The lowest BCUT2D eigenvalue weighted by atomic mass is 9.94. The Balaban J connectivity index is 1.66. The first-order valence-corrected chi connectivity index (χ1v) is 10.9. The van der Waals surface area contributed by atoms with Crippen molar-refractivity contribution in [1.29, 1.82) is 0 Å². The van der Waals surface area contributed by atoms with E-state index in [-0.39, 0.29) is 17.7 Å². The van der Waals surface area contributed by atoms with Gasteiger partial charge >= 0.3 is 0 Å². The SMILES string of the molecule is Cc1ccc(S(=O)(=O)Cc2ccc(C(=O)NC3CNCCC3C)cc2)cc1. The molecule has 0 bridgehead atoms. The molecular weight excluding hydrogens is 360 g/mol. The summed E-state index contributed by atoms with van der Waals surface area (Å²) < 4.78 is 25.1. The highest BCUT2D eigenvalue weighted by molar-refractivity contribution is 7.90. The van der Waals surface area contributed by atoms with Gasteiger partial charge < -0.3 is 10.6 Å². The van der Waals surface area contributed by atoms with Crippen LogP contribution in [0.2, 0.25) is 0 Å². The summed E-state index contributed by atoms with van der Waals surface area (Å²) in [5.74, 6) is 0.235. The fourth-order valence-electron chi connectivity index (χ4n) is 3.24. The largest absolute Gasteiger partial charge is 0.348 e. The van der Waals surface area contributed by atoms with E-state index in [1.807, 2.05) is 6.92 Å². The van der Waals surface area contributed by atoms with Gasteiger partial charge in [-0.15, -0.1) is 0 Å². The number of sulfone groups is 1. The molecule has 1 heterocycles. The van der Waals surface area contributed by atoms with E-state index in [1.54, 1.807) is 48.5 Å². The van der Waals surface area contributed by atoms with Crippen molar-refractivity contribution in [2.24, 2.45) is 5.92 Å². The third-order valence-electron chi connectivity index (χ3n) is 5.10. The van der Waals surface area contributed by atoms with Gasteiger partial charge in [0.1, 0.15) is 0 Å². The molecule has 144 valence electrons. The van der Waals surface area contributed by atoms with Crippen LogP contribution in [-0.2, 0) is 15.6 Å². The topological polar surface area (TPSA) is 75.3 Å². The van der Waals surface area contributed by atoms with E-state index < -0.39 is 9.84 Å². The normalized spacial score (nSPS) is 20.2. The van der Waals surface area contributed by atoms with E-state index in [0.717, 1.165) is 25.1 Å². The molecule has 0 aromatic heterocycles. The fraction of sp³-hybridized carbons (Fsp3) is 0.381. The van der Waals surface area contributed by atoms with Crippen LogP contribution in [0, 0.1) is 12.8 Å². The second-order valence-electron chi connectivity index (χ2n) is 7.32. The molecule has 5 nitrogen and oxygen atoms in total. The number of aryl methyl sites for hydroxylation is 1. The summed E-state index contributed by atoms with van der Waals surface area (Å²) in [6.07, 6.45) is 1.04. The number of amides is 1. The number of nitrogens with one attached hydrogen (secondary N) is 2. The minimum absolute atomic E-state index is 0.0818. The molecule has 2 N–H and O–H groups in total. The van der Waals surface area contributed by atoms with E-state index in [1.165, 1.54) is 0 Å². The van der Waals surface area contributed by atoms with Crippen molar-refractivity contribution in [3.05, 3.63) is 65.2 Å². The summed E-state index contributed by atoms with van der Waals surface area (Å²) in [5.41, 5.74) is 2.23. The Morgan fingerprint density at radius 3 is 2.41 bits per heavy atom. The predicted octanol–water partition coefficient (Wildman–Crippen LogP) is 2.70. The minimum atomic E-state index is -3.40. The monoisotopic (exact) mass is 386 g/mol. The van der Waals surface area contributed by atoms with Crippen molar-refractivity contribution >= 4 is 15.7 Å². The maximum atomic E-state index is 12.5. The second-order valence-corrected chi connectivity index (χ2v) is 9.31. The molecule has 0 aliphatic carbocycles. The van der Waals surface area contributed by atoms with Gasteiger partial charge in [0, 0.05) is 18.2 Å². The average molecular weight is 387 g/mol. The zero-order valence-corrected chi connectivity index (χ0v) is 16.6. The van der Waals surface area contributed by atoms with Crippen LogP contribution in [-0.4, -0.2) is 33.5 Å². The molecule has 2 atom stereocenters. The number of benzene rings is 2. The third kappa shape index (κ3) is 4.96. The Hall–Kier alpha value is -2.18. The van der Waals surface area contributed by atoms with Crippen LogP contribution in [0.4, 0.5) is 0 Å². The van der Waals surface area contributed by atoms with Gasteiger partial charge in [0.15, 0.2) is 9.84 Å². The van der Waals surface area contributed by atoms with Crippen LogP contribution >= 0.6 is 0 Å². The molecule has 0 spiro atoms. The number of carbonyl (C=O) groups is 1. The Kier molecular flexibility index (Phi) is 5.97. The van der Waals surface area contributed by atoms with Crippen LogP contribution in [0.25, 0.3) is 0 Å². The zero-order chi connectivity index (χ0) is 19.4. The van der Waals surface area contributed by atoms with Crippen LogP contribution in [0.1, 0.15) is 34.8 Å². The molecule has 6 heteroatoms. The molecular formula is C21H26N2O3S. The van der Waals surface area contributed by atoms with Crippen molar-refractivity contribution in [2.75, 3.05) is 13.1 Å². The molecule has 1 fully saturated rings. The average Bonchev–Trinajstić information content (AvgIpc) is 2.64. The second kappa shape index (κ2) is 8.23. The molecule has 2 aromatic carbocycles. The van der Waals surface area contributed by atoms with Gasteiger partial charge in [-0.05, 0) is 55.6 Å². The maximum absolute atomic E-state index is 12.5. The highest BCUT2D eigenvalue weighted by Crippen LogP contribution is 2.18. The highest BCUT2D eigenvalue weighted by Gasteiger charge is 2.23. The van der Waals surface area contributed by atoms with E-state index in [4.69, 9.17) is 0 Å². The van der Waals surface area contributed by atoms with Gasteiger partial charge in [-0.1, -0.05) is 36.8 Å². The van der Waals surface area contributed by atoms with Gasteiger partial charge in [-0.2, -0.15) is 0 Å². The summed E-state index contributed by atoms with van der Waals surface area (Å²) in [6.45, 7) is 5.83. The molecule has 1 saturated heterocycles. The van der Waals surface area contributed by atoms with Crippen LogP contribution in [0.5, 0.6) is 0 Å². The molecule has 2 unspecified atom stereocenters. The fourth-order valence-corrected chi connectivity index (χ4v) is 4.58. The first-order chi connectivity index (χ1) is 12.8. The predicted molar refractivity (Wildman–Crippen MR) is 106 cm³/mol. The number of hydrogen-bond donors (Lipinski definition) is 2. The Morgan fingerprint density at radius 2 is 1.78 bits per heavy atom. The molecule has 3 rings (SSSR count). The van der Waals surface area contributed by atoms with Gasteiger partial charge in [-0.25, -0.2) is 8.42 Å². The first-order valence-electron chi connectivity index (χ1n) is 9.25. The highest BCUT2D eigenvalue weighted by atomic mass is 32.2. The van der Waals surface area contributed by atoms with Crippen molar-refractivity contribution < 1.29 is 13.2 Å². The number of carbonyl (C=O) groups excluding carboxylic acids is 1. The first kappa shape index (κ1) is 19.6. The standard InChI is InChI=1S/C21H26N2O3S/c1-15-3-9-19(10-4-15)27(25,26)14-17-5-7-18(8-6-17)21(24)23-20-13-22-12-11-16(20)2/h3-10,16,20,22H,11-14H2,1-2H3,(H,23,24). The lowest BCUT2D eigenvalue weighted by Crippen LogP contribution is -2.50. The van der Waals surface area contributed by atoms with Crippen molar-refractivity contribution in [2.45, 2.75) is 37.0 Å². The quantitative estimate of drug-likeness (QED) is 0.828. The summed E-state index contributed by atoms with van der Waals surface area (Å²) in [7, 11) is -3.40. The van der Waals surface area contributed by atoms with Crippen molar-refractivity contribution in [3.8, 4) is 0 Å². The Bertz CT molecular complexity index is 890. The molecule has 0 saturated carbocycles. The van der Waals surface area contributed by atoms with Crippen LogP contribution < -0.4 is 10.6 Å². The number of rotatable bonds is 5. The van der Waals surface area contributed by atoms with Crippen LogP contribution in [0.3, 0.4) is 0 Å². The molecule has 1 aliphatic heterocycles. The zero-order valence-electron chi connectivity index (χ0n) is 15.7. The molecule has 27 heavy (non-hydrogen) atoms. The summed E-state index contributed by atoms with van der Waals surface area (Å²) >= 11 is 0. The van der Waals surface area contributed by atoms with Crippen LogP contribution in [0.15, 0.2) is 53.4 Å². The smallest absolute Gasteiger partial charge is 0.251 e. The minimum Gasteiger partial charge on any atom is -0.348 e. The summed E-state index contributed by atoms with van der Waals surface area (Å²) in [5, 5.41) is 6.36. The molecule has 1 aliphatic rings. The molecule has 0 radical (unpaired) electrons. The van der Waals surface area contributed by atoms with E-state index in [9.17, 15) is 13.2 Å². The lowest BCUT2D eigenvalue weighted by molar-refractivity contribution is 0.0915. The summed E-state index contributed by atoms with van der Waals surface area (Å²) in [6, 6.07) is 13.8. The Labute approximate surface area is 161 Å². The van der Waals surface area contributed by atoms with E-state index in [0.29, 0.717) is 21.9 Å². The molecule has 1 amide bonds. The maximum Gasteiger partial charge on any atom is 0.251 e. The van der Waals surface area contributed by atoms with Crippen molar-refractivity contribution in [3.63, 3.8) is 0 Å². The third-order valence-corrected chi connectivity index (χ3v) is 6.80. The van der Waals surface area contributed by atoms with Gasteiger partial charge in [0.2, 0.25) is 0 Å². The van der Waals surface area contributed by atoms with Gasteiger partial charge in [-0.3, -0.25) is 4.79 Å². The Morgan fingerprint density at radius 1 is 1.11 bits per heavy atom. The molecule has 2 aromatic rings. The number of hydrogen-bond acceptors (Lipinski definition) is 4. The number of piperidine rings is 1. The lowest BCUT2D eigenvalue weighted by Gasteiger charge is -2.30. The summed E-state index contributed by atoms with van der Waals surface area (Å²) in [4.78, 5) is 12.8.